The molecule has 6 heteroatoms. The maximum atomic E-state index is 5.91. The van der Waals surface area contributed by atoms with Crippen molar-refractivity contribution in [1.82, 2.24) is 0 Å². The third kappa shape index (κ3) is 3.91. The van der Waals surface area contributed by atoms with Crippen molar-refractivity contribution < 1.29 is 23.1 Å². The molecule has 0 amide bonds. The van der Waals surface area contributed by atoms with E-state index in [2.05, 4.69) is 13.8 Å². The molecule has 2 saturated heterocycles. The highest BCUT2D eigenvalue weighted by Gasteiger charge is 2.63. The van der Waals surface area contributed by atoms with E-state index in [4.69, 9.17) is 23.1 Å². The molecule has 0 aromatic heterocycles. The summed E-state index contributed by atoms with van der Waals surface area (Å²) in [4.78, 5) is 0. The molecule has 2 atom stereocenters. The van der Waals surface area contributed by atoms with Gasteiger partial charge in [0.15, 0.2) is 0 Å². The van der Waals surface area contributed by atoms with Gasteiger partial charge in [-0.2, -0.15) is 0 Å². The fraction of sp³-hybridized carbons (Fsp3) is 1.00. The standard InChI is InChI=1S/C12H26O4Si.C4H8O/c1-6-9-12(14-3)11(13-2)8-7-10-17(12,15-4)16-5;1-4-2-5-3-4/h11H,6-10H2,1-5H3;4H,2-3H2,1H3. The average Bonchev–Trinajstić information content (AvgIpc) is 2.53. The maximum Gasteiger partial charge on any atom is 0.373 e. The van der Waals surface area contributed by atoms with Crippen LogP contribution in [0.25, 0.3) is 0 Å². The molecule has 2 aliphatic heterocycles. The molecule has 2 heterocycles. The second-order valence-electron chi connectivity index (χ2n) is 6.26. The number of rotatable bonds is 6. The fourth-order valence-corrected chi connectivity index (χ4v) is 7.67. The van der Waals surface area contributed by atoms with Crippen LogP contribution in [0.3, 0.4) is 0 Å². The van der Waals surface area contributed by atoms with Gasteiger partial charge in [-0.05, 0) is 25.3 Å². The van der Waals surface area contributed by atoms with Crippen LogP contribution in [0.5, 0.6) is 0 Å². The SMILES string of the molecule is CC1COC1.CCCC1(OC)C(OC)CCC[Si]1(OC)OC. The molecule has 2 aliphatic rings. The first-order chi connectivity index (χ1) is 10.6. The van der Waals surface area contributed by atoms with E-state index in [9.17, 15) is 0 Å². The minimum Gasteiger partial charge on any atom is -0.396 e. The van der Waals surface area contributed by atoms with Crippen molar-refractivity contribution >= 4 is 8.56 Å². The molecule has 5 nitrogen and oxygen atoms in total. The van der Waals surface area contributed by atoms with Crippen molar-refractivity contribution in [3.63, 3.8) is 0 Å². The van der Waals surface area contributed by atoms with E-state index in [-0.39, 0.29) is 11.3 Å². The van der Waals surface area contributed by atoms with Gasteiger partial charge in [-0.3, -0.25) is 0 Å². The summed E-state index contributed by atoms with van der Waals surface area (Å²) >= 11 is 0. The number of methoxy groups -OCH3 is 2. The Morgan fingerprint density at radius 3 is 2.05 bits per heavy atom. The molecule has 0 saturated carbocycles. The Balaban J connectivity index is 0.000000406. The monoisotopic (exact) mass is 334 g/mol. The largest absolute Gasteiger partial charge is 0.396 e. The van der Waals surface area contributed by atoms with E-state index in [1.54, 1.807) is 28.4 Å². The average molecular weight is 335 g/mol. The Morgan fingerprint density at radius 1 is 1.14 bits per heavy atom. The predicted molar refractivity (Wildman–Crippen MR) is 89.2 cm³/mol. The summed E-state index contributed by atoms with van der Waals surface area (Å²) in [5.41, 5.74) is 0. The van der Waals surface area contributed by atoms with Crippen LogP contribution in [-0.2, 0) is 23.1 Å². The highest BCUT2D eigenvalue weighted by atomic mass is 28.4. The van der Waals surface area contributed by atoms with E-state index >= 15 is 0 Å². The first-order valence-corrected chi connectivity index (χ1v) is 10.3. The Bertz CT molecular complexity index is 307. The molecular formula is C16H34O5Si. The van der Waals surface area contributed by atoms with Gasteiger partial charge in [0, 0.05) is 34.4 Å². The summed E-state index contributed by atoms with van der Waals surface area (Å²) < 4.78 is 28.1. The predicted octanol–water partition coefficient (Wildman–Crippen LogP) is 2.91. The summed E-state index contributed by atoms with van der Waals surface area (Å²) in [7, 11) is 4.64. The number of hydrogen-bond acceptors (Lipinski definition) is 5. The molecule has 0 aliphatic carbocycles. The van der Waals surface area contributed by atoms with Gasteiger partial charge in [0.2, 0.25) is 0 Å². The maximum absolute atomic E-state index is 5.91. The molecule has 2 fully saturated rings. The Kier molecular flexibility index (Phi) is 8.52. The van der Waals surface area contributed by atoms with Crippen LogP contribution in [-0.4, -0.2) is 61.5 Å². The zero-order chi connectivity index (χ0) is 16.6. The molecular weight excluding hydrogens is 300 g/mol. The minimum atomic E-state index is -2.36. The van der Waals surface area contributed by atoms with Gasteiger partial charge >= 0.3 is 8.56 Å². The Hall–Kier alpha value is 0.0169. The molecule has 0 bridgehead atoms. The van der Waals surface area contributed by atoms with Crippen molar-refractivity contribution in [1.29, 1.82) is 0 Å². The molecule has 0 spiro atoms. The Morgan fingerprint density at radius 2 is 1.73 bits per heavy atom. The van der Waals surface area contributed by atoms with Crippen molar-refractivity contribution in [3.8, 4) is 0 Å². The van der Waals surface area contributed by atoms with Gasteiger partial charge in [0.05, 0.1) is 19.3 Å². The van der Waals surface area contributed by atoms with E-state index in [0.717, 1.165) is 50.9 Å². The Labute approximate surface area is 136 Å². The molecule has 22 heavy (non-hydrogen) atoms. The topological polar surface area (TPSA) is 46.2 Å². The molecule has 0 aromatic carbocycles. The highest BCUT2D eigenvalue weighted by molar-refractivity contribution is 6.71. The van der Waals surface area contributed by atoms with Gasteiger partial charge in [-0.1, -0.05) is 20.3 Å². The van der Waals surface area contributed by atoms with Crippen molar-refractivity contribution in [3.05, 3.63) is 0 Å². The quantitative estimate of drug-likeness (QED) is 0.699. The first kappa shape index (κ1) is 20.1. The normalized spacial score (nSPS) is 31.1. The zero-order valence-electron chi connectivity index (χ0n) is 15.1. The van der Waals surface area contributed by atoms with Crippen molar-refractivity contribution in [2.75, 3.05) is 41.7 Å². The van der Waals surface area contributed by atoms with Crippen LogP contribution in [0.2, 0.25) is 6.04 Å². The van der Waals surface area contributed by atoms with Gasteiger partial charge in [0.25, 0.3) is 0 Å². The van der Waals surface area contributed by atoms with Gasteiger partial charge < -0.3 is 23.1 Å². The summed E-state index contributed by atoms with van der Waals surface area (Å²) in [5, 5.41) is -0.377. The van der Waals surface area contributed by atoms with Gasteiger partial charge in [-0.15, -0.1) is 0 Å². The van der Waals surface area contributed by atoms with E-state index in [1.165, 1.54) is 0 Å². The number of hydrogen-bond donors (Lipinski definition) is 0. The van der Waals surface area contributed by atoms with Crippen molar-refractivity contribution in [2.24, 2.45) is 5.92 Å². The van der Waals surface area contributed by atoms with E-state index in [0.29, 0.717) is 0 Å². The fourth-order valence-electron chi connectivity index (χ4n) is 3.62. The summed E-state index contributed by atoms with van der Waals surface area (Å²) in [6.45, 7) is 6.32. The van der Waals surface area contributed by atoms with E-state index in [1.807, 2.05) is 0 Å². The molecule has 0 radical (unpaired) electrons. The summed E-state index contributed by atoms with van der Waals surface area (Å²) in [6.07, 6.45) is 4.14. The molecule has 2 rings (SSSR count). The van der Waals surface area contributed by atoms with Crippen LogP contribution in [0.4, 0.5) is 0 Å². The molecule has 0 N–H and O–H groups in total. The lowest BCUT2D eigenvalue weighted by Gasteiger charge is -2.51. The zero-order valence-corrected chi connectivity index (χ0v) is 16.1. The van der Waals surface area contributed by atoms with Gasteiger partial charge in [0.1, 0.15) is 5.22 Å². The van der Waals surface area contributed by atoms with Crippen LogP contribution >= 0.6 is 0 Å². The number of ether oxygens (including phenoxy) is 3. The summed E-state index contributed by atoms with van der Waals surface area (Å²) in [6, 6.07) is 0.980. The first-order valence-electron chi connectivity index (χ1n) is 8.31. The third-order valence-corrected chi connectivity index (χ3v) is 9.27. The van der Waals surface area contributed by atoms with Crippen LogP contribution in [0.1, 0.15) is 39.5 Å². The molecule has 2 unspecified atom stereocenters. The minimum absolute atomic E-state index is 0.0766. The van der Waals surface area contributed by atoms with Gasteiger partial charge in [-0.25, -0.2) is 0 Å². The lowest BCUT2D eigenvalue weighted by atomic mass is 10.0. The smallest absolute Gasteiger partial charge is 0.373 e. The third-order valence-electron chi connectivity index (χ3n) is 4.87. The molecule has 132 valence electrons. The summed E-state index contributed by atoms with van der Waals surface area (Å²) in [5.74, 6) is 0.843. The van der Waals surface area contributed by atoms with Crippen LogP contribution < -0.4 is 0 Å². The van der Waals surface area contributed by atoms with Crippen LogP contribution in [0, 0.1) is 5.92 Å². The highest BCUT2D eigenvalue weighted by Crippen LogP contribution is 2.44. The second kappa shape index (κ2) is 9.35. The van der Waals surface area contributed by atoms with Crippen molar-refractivity contribution in [2.45, 2.75) is 56.9 Å². The second-order valence-corrected chi connectivity index (χ2v) is 9.93. The van der Waals surface area contributed by atoms with E-state index < -0.39 is 8.56 Å². The molecule has 0 aromatic rings. The lowest BCUT2D eigenvalue weighted by molar-refractivity contribution is -0.110. The lowest BCUT2D eigenvalue weighted by Crippen LogP contribution is -2.70. The van der Waals surface area contributed by atoms with Crippen LogP contribution in [0.15, 0.2) is 0 Å².